The highest BCUT2D eigenvalue weighted by Gasteiger charge is 2.19. The maximum Gasteiger partial charge on any atom is 0.235 e. The minimum atomic E-state index is -0.745. The maximum absolute atomic E-state index is 10.8. The molecule has 0 heterocycles. The van der Waals surface area contributed by atoms with Crippen LogP contribution in [-0.2, 0) is 4.79 Å². The molecular weight excluding hydrogens is 184 g/mol. The quantitative estimate of drug-likeness (QED) is 0.615. The van der Waals surface area contributed by atoms with Crippen molar-refractivity contribution in [1.82, 2.24) is 0 Å². The van der Waals surface area contributed by atoms with Crippen LogP contribution in [0, 0.1) is 0 Å². The monoisotopic (exact) mass is 196 g/mol. The van der Waals surface area contributed by atoms with Crippen LogP contribution >= 0.6 is 12.6 Å². The number of rotatable bonds is 3. The van der Waals surface area contributed by atoms with Crippen LogP contribution in [0.5, 0.6) is 0 Å². The second-order valence-electron chi connectivity index (χ2n) is 2.78. The molecule has 1 rings (SSSR count). The Balaban J connectivity index is 2.79. The summed E-state index contributed by atoms with van der Waals surface area (Å²) in [7, 11) is 0. The number of carbonyl (C=O) groups is 1. The molecule has 0 saturated heterocycles. The van der Waals surface area contributed by atoms with Crippen molar-refractivity contribution >= 4 is 18.5 Å². The molecule has 0 saturated carbocycles. The Labute approximate surface area is 82.5 Å². The van der Waals surface area contributed by atoms with E-state index in [0.29, 0.717) is 0 Å². The number of nitrogens with two attached hydrogens (primary N) is 2. The van der Waals surface area contributed by atoms with Crippen molar-refractivity contribution in [1.29, 1.82) is 0 Å². The van der Waals surface area contributed by atoms with Crippen molar-refractivity contribution < 1.29 is 4.79 Å². The summed E-state index contributed by atoms with van der Waals surface area (Å²) in [5.74, 6) is -0.538. The van der Waals surface area contributed by atoms with Gasteiger partial charge < -0.3 is 11.5 Å². The Hall–Kier alpha value is -1.00. The highest BCUT2D eigenvalue weighted by molar-refractivity contribution is 7.80. The van der Waals surface area contributed by atoms with Crippen LogP contribution in [0.4, 0.5) is 0 Å². The zero-order chi connectivity index (χ0) is 9.84. The Kier molecular flexibility index (Phi) is 3.33. The van der Waals surface area contributed by atoms with Gasteiger partial charge in [-0.3, -0.25) is 4.79 Å². The summed E-state index contributed by atoms with van der Waals surface area (Å²) in [6, 6.07) is 8.60. The van der Waals surface area contributed by atoms with Gasteiger partial charge in [-0.25, -0.2) is 0 Å². The van der Waals surface area contributed by atoms with Crippen molar-refractivity contribution in [2.75, 3.05) is 0 Å². The minimum Gasteiger partial charge on any atom is -0.368 e. The van der Waals surface area contributed by atoms with E-state index in [1.54, 1.807) is 0 Å². The molecule has 0 aliphatic rings. The Bertz CT molecular complexity index is 289. The van der Waals surface area contributed by atoms with Gasteiger partial charge in [0.1, 0.15) is 0 Å². The van der Waals surface area contributed by atoms with E-state index >= 15 is 0 Å². The lowest BCUT2D eigenvalue weighted by atomic mass is 10.1. The number of amides is 1. The number of benzene rings is 1. The molecule has 0 aliphatic heterocycles. The molecule has 1 aromatic rings. The molecule has 0 unspecified atom stereocenters. The fraction of sp³-hybridized carbons (Fsp3) is 0.222. The van der Waals surface area contributed by atoms with Gasteiger partial charge in [0.2, 0.25) is 5.91 Å². The fourth-order valence-electron chi connectivity index (χ4n) is 1.01. The van der Waals surface area contributed by atoms with Crippen molar-refractivity contribution in [3.63, 3.8) is 0 Å². The largest absolute Gasteiger partial charge is 0.368 e. The number of hydrogen-bond donors (Lipinski definition) is 3. The Morgan fingerprint density at radius 3 is 2.31 bits per heavy atom. The van der Waals surface area contributed by atoms with Crippen LogP contribution in [0.25, 0.3) is 0 Å². The average molecular weight is 196 g/mol. The van der Waals surface area contributed by atoms with Crippen molar-refractivity contribution in [2.24, 2.45) is 11.5 Å². The Morgan fingerprint density at radius 1 is 1.31 bits per heavy atom. The topological polar surface area (TPSA) is 69.1 Å². The summed E-state index contributed by atoms with van der Waals surface area (Å²) >= 11 is 4.23. The molecule has 0 aromatic heterocycles. The summed E-state index contributed by atoms with van der Waals surface area (Å²) in [6.45, 7) is 0. The standard InChI is InChI=1S/C9H12N2OS/c10-7(9(11)12)8(13)6-4-2-1-3-5-6/h1-5,7-8,13H,10H2,(H2,11,12)/t7-,8-/m0/s1. The molecule has 1 aromatic carbocycles. The highest BCUT2D eigenvalue weighted by atomic mass is 32.1. The normalized spacial score (nSPS) is 14.9. The first-order valence-corrected chi connectivity index (χ1v) is 4.42. The lowest BCUT2D eigenvalue weighted by Crippen LogP contribution is -2.39. The van der Waals surface area contributed by atoms with Crippen LogP contribution in [0.1, 0.15) is 10.8 Å². The van der Waals surface area contributed by atoms with E-state index in [2.05, 4.69) is 12.6 Å². The summed E-state index contributed by atoms with van der Waals surface area (Å²) in [5, 5.41) is -0.335. The van der Waals surface area contributed by atoms with Gasteiger partial charge in [-0.05, 0) is 5.56 Å². The van der Waals surface area contributed by atoms with E-state index in [-0.39, 0.29) is 5.25 Å². The van der Waals surface area contributed by atoms with E-state index in [4.69, 9.17) is 11.5 Å². The van der Waals surface area contributed by atoms with Crippen molar-refractivity contribution in [3.8, 4) is 0 Å². The van der Waals surface area contributed by atoms with Crippen LogP contribution in [0.3, 0.4) is 0 Å². The van der Waals surface area contributed by atoms with Crippen LogP contribution in [0.15, 0.2) is 30.3 Å². The van der Waals surface area contributed by atoms with Crippen LogP contribution in [-0.4, -0.2) is 11.9 Å². The number of primary amides is 1. The van der Waals surface area contributed by atoms with Gasteiger partial charge >= 0.3 is 0 Å². The molecule has 0 spiro atoms. The third-order valence-corrected chi connectivity index (χ3v) is 2.43. The maximum atomic E-state index is 10.8. The number of carbonyl (C=O) groups excluding carboxylic acids is 1. The Morgan fingerprint density at radius 2 is 1.85 bits per heavy atom. The van der Waals surface area contributed by atoms with Crippen molar-refractivity contribution in [3.05, 3.63) is 35.9 Å². The molecular formula is C9H12N2OS. The lowest BCUT2D eigenvalue weighted by Gasteiger charge is -2.15. The molecule has 0 fully saturated rings. The first-order chi connectivity index (χ1) is 6.13. The minimum absolute atomic E-state index is 0.335. The SMILES string of the molecule is NC(=O)[C@@H](N)[C@@H](S)c1ccccc1. The smallest absolute Gasteiger partial charge is 0.235 e. The van der Waals surface area contributed by atoms with Gasteiger partial charge in [0.05, 0.1) is 11.3 Å². The first-order valence-electron chi connectivity index (χ1n) is 3.91. The summed E-state index contributed by atoms with van der Waals surface area (Å²) < 4.78 is 0. The predicted octanol–water partition coefficient (Wildman–Crippen LogP) is 0.470. The van der Waals surface area contributed by atoms with E-state index in [0.717, 1.165) is 5.56 Å². The summed E-state index contributed by atoms with van der Waals surface area (Å²) in [5.41, 5.74) is 11.5. The van der Waals surface area contributed by atoms with Crippen LogP contribution in [0.2, 0.25) is 0 Å². The van der Waals surface area contributed by atoms with Gasteiger partial charge in [0, 0.05) is 0 Å². The van der Waals surface area contributed by atoms with Crippen LogP contribution < -0.4 is 11.5 Å². The first kappa shape index (κ1) is 10.1. The zero-order valence-electron chi connectivity index (χ0n) is 7.05. The van der Waals surface area contributed by atoms with Crippen molar-refractivity contribution in [2.45, 2.75) is 11.3 Å². The number of hydrogen-bond acceptors (Lipinski definition) is 3. The van der Waals surface area contributed by atoms with E-state index in [9.17, 15) is 4.79 Å². The molecule has 0 aliphatic carbocycles. The molecule has 13 heavy (non-hydrogen) atoms. The lowest BCUT2D eigenvalue weighted by molar-refractivity contribution is -0.119. The molecule has 4 N–H and O–H groups in total. The summed E-state index contributed by atoms with van der Waals surface area (Å²) in [4.78, 5) is 10.8. The molecule has 3 nitrogen and oxygen atoms in total. The third-order valence-electron chi connectivity index (χ3n) is 1.81. The van der Waals surface area contributed by atoms with Gasteiger partial charge in [0.25, 0.3) is 0 Å². The molecule has 4 heteroatoms. The van der Waals surface area contributed by atoms with Gasteiger partial charge in [-0.1, -0.05) is 30.3 Å². The highest BCUT2D eigenvalue weighted by Crippen LogP contribution is 2.21. The van der Waals surface area contributed by atoms with Gasteiger partial charge in [0.15, 0.2) is 0 Å². The van der Waals surface area contributed by atoms with Gasteiger partial charge in [-0.15, -0.1) is 0 Å². The molecule has 2 atom stereocenters. The molecule has 70 valence electrons. The number of thiol groups is 1. The zero-order valence-corrected chi connectivity index (χ0v) is 7.95. The second-order valence-corrected chi connectivity index (χ2v) is 3.34. The molecule has 0 bridgehead atoms. The third kappa shape index (κ3) is 2.47. The average Bonchev–Trinajstić information content (AvgIpc) is 2.17. The second kappa shape index (κ2) is 4.30. The van der Waals surface area contributed by atoms with Gasteiger partial charge in [-0.2, -0.15) is 12.6 Å². The molecule has 0 radical (unpaired) electrons. The van der Waals surface area contributed by atoms with E-state index in [1.165, 1.54) is 0 Å². The summed E-state index contributed by atoms with van der Waals surface area (Å²) in [6.07, 6.45) is 0. The van der Waals surface area contributed by atoms with E-state index < -0.39 is 11.9 Å². The fourth-order valence-corrected chi connectivity index (χ4v) is 1.33. The molecule has 1 amide bonds. The van der Waals surface area contributed by atoms with E-state index in [1.807, 2.05) is 30.3 Å². The predicted molar refractivity (Wildman–Crippen MR) is 55.3 cm³/mol.